The third-order valence-corrected chi connectivity index (χ3v) is 5.51. The van der Waals surface area contributed by atoms with Crippen LogP contribution < -0.4 is 10.6 Å². The van der Waals surface area contributed by atoms with Gasteiger partial charge >= 0.3 is 0 Å². The van der Waals surface area contributed by atoms with Gasteiger partial charge in [0.1, 0.15) is 5.82 Å². The lowest BCUT2D eigenvalue weighted by Crippen LogP contribution is -2.54. The molecule has 1 amide bonds. The van der Waals surface area contributed by atoms with E-state index in [0.29, 0.717) is 17.1 Å². The SMILES string of the molecule is CN=C(NC1CC1c1c(F)cccc1Cl)N1CCN(CC(=O)NC(C)C)CC1.I. The predicted molar refractivity (Wildman–Crippen MR) is 126 cm³/mol. The molecule has 0 bridgehead atoms. The van der Waals surface area contributed by atoms with Gasteiger partial charge in [-0.3, -0.25) is 14.7 Å². The van der Waals surface area contributed by atoms with Gasteiger partial charge in [0.2, 0.25) is 5.91 Å². The highest BCUT2D eigenvalue weighted by molar-refractivity contribution is 14.0. The number of amides is 1. The maximum Gasteiger partial charge on any atom is 0.234 e. The molecule has 0 aromatic heterocycles. The van der Waals surface area contributed by atoms with Gasteiger partial charge < -0.3 is 15.5 Å². The average molecular weight is 538 g/mol. The van der Waals surface area contributed by atoms with E-state index in [0.717, 1.165) is 38.6 Å². The Kier molecular flexibility index (Phi) is 8.96. The molecular weight excluding hydrogens is 508 g/mol. The average Bonchev–Trinajstić information content (AvgIpc) is 3.38. The highest BCUT2D eigenvalue weighted by Gasteiger charge is 2.42. The zero-order valence-electron chi connectivity index (χ0n) is 17.1. The lowest BCUT2D eigenvalue weighted by Gasteiger charge is -2.36. The fourth-order valence-electron chi connectivity index (χ4n) is 3.69. The number of piperazine rings is 1. The molecule has 1 saturated carbocycles. The quantitative estimate of drug-likeness (QED) is 0.345. The molecule has 2 unspecified atom stereocenters. The highest BCUT2D eigenvalue weighted by Crippen LogP contribution is 2.44. The molecule has 9 heteroatoms. The number of carbonyl (C=O) groups is 1. The van der Waals surface area contributed by atoms with Gasteiger partial charge in [0, 0.05) is 61.8 Å². The summed E-state index contributed by atoms with van der Waals surface area (Å²) in [6, 6.07) is 5.12. The molecule has 6 nitrogen and oxygen atoms in total. The third kappa shape index (κ3) is 6.42. The van der Waals surface area contributed by atoms with Crippen LogP contribution in [-0.4, -0.2) is 73.5 Å². The van der Waals surface area contributed by atoms with Crippen LogP contribution in [0.5, 0.6) is 0 Å². The summed E-state index contributed by atoms with van der Waals surface area (Å²) < 4.78 is 14.1. The maximum atomic E-state index is 14.1. The van der Waals surface area contributed by atoms with Crippen molar-refractivity contribution >= 4 is 47.4 Å². The lowest BCUT2D eigenvalue weighted by molar-refractivity contribution is -0.123. The van der Waals surface area contributed by atoms with Gasteiger partial charge in [-0.25, -0.2) is 4.39 Å². The number of hydrogen-bond acceptors (Lipinski definition) is 3. The number of guanidine groups is 1. The standard InChI is InChI=1S/C20H29ClFN5O.HI/c1-13(2)24-18(28)12-26-7-9-27(10-8-26)20(23-3)25-17-11-14(17)19-15(21)5-4-6-16(19)22;/h4-6,13-14,17H,7-12H2,1-3H3,(H,23,25)(H,24,28);1H. The molecule has 29 heavy (non-hydrogen) atoms. The molecule has 0 spiro atoms. The molecule has 2 aliphatic rings. The number of hydrogen-bond donors (Lipinski definition) is 2. The van der Waals surface area contributed by atoms with E-state index in [2.05, 4.69) is 25.4 Å². The van der Waals surface area contributed by atoms with Crippen molar-refractivity contribution in [3.63, 3.8) is 0 Å². The van der Waals surface area contributed by atoms with Gasteiger partial charge in [-0.2, -0.15) is 0 Å². The van der Waals surface area contributed by atoms with Crippen molar-refractivity contribution in [3.05, 3.63) is 34.6 Å². The Labute approximate surface area is 194 Å². The van der Waals surface area contributed by atoms with E-state index < -0.39 is 0 Å². The molecule has 2 atom stereocenters. The van der Waals surface area contributed by atoms with Crippen molar-refractivity contribution < 1.29 is 9.18 Å². The number of halogens is 3. The Morgan fingerprint density at radius 2 is 2.00 bits per heavy atom. The second-order valence-corrected chi connectivity index (χ2v) is 8.17. The Balaban J connectivity index is 0.00000300. The first-order chi connectivity index (χ1) is 13.4. The number of rotatable bonds is 5. The van der Waals surface area contributed by atoms with Crippen LogP contribution in [0.25, 0.3) is 0 Å². The zero-order chi connectivity index (χ0) is 20.3. The summed E-state index contributed by atoms with van der Waals surface area (Å²) in [5.41, 5.74) is 0.595. The molecule has 162 valence electrons. The van der Waals surface area contributed by atoms with Gasteiger partial charge in [-0.05, 0) is 32.4 Å². The topological polar surface area (TPSA) is 60.0 Å². The molecule has 1 aromatic carbocycles. The predicted octanol–water partition coefficient (Wildman–Crippen LogP) is 2.67. The molecule has 0 radical (unpaired) electrons. The minimum Gasteiger partial charge on any atom is -0.353 e. The Morgan fingerprint density at radius 1 is 1.31 bits per heavy atom. The number of aliphatic imine (C=N–C) groups is 1. The normalized spacial score (nSPS) is 22.3. The molecule has 1 saturated heterocycles. The summed E-state index contributed by atoms with van der Waals surface area (Å²) in [5.74, 6) is 0.719. The van der Waals surface area contributed by atoms with Gasteiger partial charge in [0.25, 0.3) is 0 Å². The van der Waals surface area contributed by atoms with E-state index in [1.165, 1.54) is 6.07 Å². The van der Waals surface area contributed by atoms with Gasteiger partial charge in [-0.15, -0.1) is 24.0 Å². The maximum absolute atomic E-state index is 14.1. The molecule has 1 heterocycles. The Hall–Kier alpha value is -1.13. The minimum absolute atomic E-state index is 0. The van der Waals surface area contributed by atoms with Crippen LogP contribution in [0.15, 0.2) is 23.2 Å². The summed E-state index contributed by atoms with van der Waals surface area (Å²) in [7, 11) is 1.76. The van der Waals surface area contributed by atoms with Crippen LogP contribution in [0.2, 0.25) is 5.02 Å². The number of carbonyl (C=O) groups excluding carboxylic acids is 1. The van der Waals surface area contributed by atoms with Crippen molar-refractivity contribution in [2.24, 2.45) is 4.99 Å². The van der Waals surface area contributed by atoms with Crippen LogP contribution in [0, 0.1) is 5.82 Å². The van der Waals surface area contributed by atoms with Gasteiger partial charge in [0.05, 0.1) is 6.54 Å². The van der Waals surface area contributed by atoms with E-state index in [9.17, 15) is 9.18 Å². The summed E-state index contributed by atoms with van der Waals surface area (Å²) in [6.45, 7) is 7.56. The third-order valence-electron chi connectivity index (χ3n) is 5.18. The van der Waals surface area contributed by atoms with Crippen LogP contribution >= 0.6 is 35.6 Å². The first kappa shape index (κ1) is 24.1. The smallest absolute Gasteiger partial charge is 0.234 e. The van der Waals surface area contributed by atoms with Crippen LogP contribution in [0.4, 0.5) is 4.39 Å². The van der Waals surface area contributed by atoms with E-state index >= 15 is 0 Å². The largest absolute Gasteiger partial charge is 0.353 e. The van der Waals surface area contributed by atoms with Crippen molar-refractivity contribution in [1.29, 1.82) is 0 Å². The molecule has 3 rings (SSSR count). The van der Waals surface area contributed by atoms with Gasteiger partial charge in [-0.1, -0.05) is 17.7 Å². The molecule has 1 aromatic rings. The molecule has 1 aliphatic carbocycles. The number of benzene rings is 1. The Morgan fingerprint density at radius 3 is 2.59 bits per heavy atom. The van der Waals surface area contributed by atoms with Crippen molar-refractivity contribution in [1.82, 2.24) is 20.4 Å². The molecule has 2 fully saturated rings. The lowest BCUT2D eigenvalue weighted by atomic mass is 10.1. The van der Waals surface area contributed by atoms with Gasteiger partial charge in [0.15, 0.2) is 5.96 Å². The van der Waals surface area contributed by atoms with Crippen molar-refractivity contribution in [3.8, 4) is 0 Å². The molecular formula is C20H30ClFIN5O. The first-order valence-corrected chi connectivity index (χ1v) is 10.2. The van der Waals surface area contributed by atoms with E-state index in [1.807, 2.05) is 13.8 Å². The van der Waals surface area contributed by atoms with Crippen molar-refractivity contribution in [2.45, 2.75) is 38.3 Å². The van der Waals surface area contributed by atoms with Crippen LogP contribution in [0.1, 0.15) is 31.7 Å². The summed E-state index contributed by atoms with van der Waals surface area (Å²) in [4.78, 5) is 20.7. The second kappa shape index (κ2) is 10.8. The second-order valence-electron chi connectivity index (χ2n) is 7.76. The van der Waals surface area contributed by atoms with E-state index in [4.69, 9.17) is 11.6 Å². The van der Waals surface area contributed by atoms with Crippen molar-refractivity contribution in [2.75, 3.05) is 39.8 Å². The monoisotopic (exact) mass is 537 g/mol. The molecule has 1 aliphatic heterocycles. The Bertz CT molecular complexity index is 719. The summed E-state index contributed by atoms with van der Waals surface area (Å²) in [5, 5.41) is 6.86. The van der Waals surface area contributed by atoms with E-state index in [-0.39, 0.29) is 53.7 Å². The minimum atomic E-state index is -0.245. The van der Waals surface area contributed by atoms with Crippen LogP contribution in [0.3, 0.4) is 0 Å². The van der Waals surface area contributed by atoms with Crippen LogP contribution in [-0.2, 0) is 4.79 Å². The fourth-order valence-corrected chi connectivity index (χ4v) is 3.99. The fraction of sp³-hybridized carbons (Fsp3) is 0.600. The highest BCUT2D eigenvalue weighted by atomic mass is 127. The van der Waals surface area contributed by atoms with E-state index in [1.54, 1.807) is 19.2 Å². The molecule has 2 N–H and O–H groups in total. The number of nitrogens with one attached hydrogen (secondary N) is 2. The zero-order valence-corrected chi connectivity index (χ0v) is 20.2. The number of nitrogens with zero attached hydrogens (tertiary/aromatic N) is 3. The summed E-state index contributed by atoms with van der Waals surface area (Å²) in [6.07, 6.45) is 0.842. The summed E-state index contributed by atoms with van der Waals surface area (Å²) >= 11 is 6.19. The first-order valence-electron chi connectivity index (χ1n) is 9.83.